The first kappa shape index (κ1) is 15.2. The summed E-state index contributed by atoms with van der Waals surface area (Å²) in [6, 6.07) is 0. The van der Waals surface area contributed by atoms with Crippen molar-refractivity contribution in [2.45, 2.75) is 46.6 Å². The van der Waals surface area contributed by atoms with Crippen LogP contribution in [0.5, 0.6) is 0 Å². The van der Waals surface area contributed by atoms with Crippen molar-refractivity contribution in [3.05, 3.63) is 0 Å². The highest BCUT2D eigenvalue weighted by atomic mass is 16.6. The Balaban J connectivity index is 4.48. The highest BCUT2D eigenvalue weighted by molar-refractivity contribution is 5.67. The van der Waals surface area contributed by atoms with E-state index in [9.17, 15) is 4.79 Å². The largest absolute Gasteiger partial charge is 0.443 e. The zero-order valence-electron chi connectivity index (χ0n) is 11.7. The Morgan fingerprint density at radius 3 is 2.12 bits per heavy atom. The third kappa shape index (κ3) is 5.95. The quantitative estimate of drug-likeness (QED) is 0.696. The first-order valence-electron chi connectivity index (χ1n) is 5.85. The minimum atomic E-state index is -0.444. The van der Waals surface area contributed by atoms with E-state index in [1.807, 2.05) is 34.9 Å². The smallest absolute Gasteiger partial charge is 0.424 e. The number of amides is 1. The Kier molecular flexibility index (Phi) is 5.79. The van der Waals surface area contributed by atoms with Gasteiger partial charge in [-0.05, 0) is 26.7 Å². The summed E-state index contributed by atoms with van der Waals surface area (Å²) in [5.41, 5.74) is -0.444. The van der Waals surface area contributed by atoms with E-state index < -0.39 is 5.60 Å². The Hall–Kier alpha value is -0.770. The molecular weight excluding hydrogens is 204 g/mol. The lowest BCUT2D eigenvalue weighted by atomic mass is 10.1. The molecule has 0 radical (unpaired) electrons. The lowest BCUT2D eigenvalue weighted by Gasteiger charge is -2.32. The van der Waals surface area contributed by atoms with Gasteiger partial charge in [0.05, 0.1) is 0 Å². The van der Waals surface area contributed by atoms with Crippen LogP contribution in [-0.4, -0.2) is 42.4 Å². The van der Waals surface area contributed by atoms with Crippen LogP contribution in [0.1, 0.15) is 41.0 Å². The van der Waals surface area contributed by atoms with Crippen molar-refractivity contribution in [2.24, 2.45) is 5.92 Å². The normalized spacial score (nSPS) is 13.8. The van der Waals surface area contributed by atoms with Gasteiger partial charge in [0, 0.05) is 20.6 Å². The Morgan fingerprint density at radius 2 is 1.81 bits per heavy atom. The summed E-state index contributed by atoms with van der Waals surface area (Å²) in [6.45, 7) is 10.6. The molecule has 0 saturated carbocycles. The van der Waals surface area contributed by atoms with Gasteiger partial charge in [-0.1, -0.05) is 20.3 Å². The van der Waals surface area contributed by atoms with Gasteiger partial charge in [0.15, 0.2) is 0 Å². The number of hydrogen-bond donors (Lipinski definition) is 0. The Morgan fingerprint density at radius 1 is 1.31 bits per heavy atom. The molecule has 0 N–H and O–H groups in total. The molecule has 96 valence electrons. The average Bonchev–Trinajstić information content (AvgIpc) is 2.09. The fraction of sp³-hybridized carbons (Fsp3) is 0.917. The van der Waals surface area contributed by atoms with Crippen molar-refractivity contribution in [3.63, 3.8) is 0 Å². The molecule has 0 aliphatic carbocycles. The summed E-state index contributed by atoms with van der Waals surface area (Å²) < 4.78 is 5.35. The van der Waals surface area contributed by atoms with E-state index in [0.29, 0.717) is 12.5 Å². The van der Waals surface area contributed by atoms with Crippen LogP contribution < -0.4 is 0 Å². The second-order valence-corrected chi connectivity index (χ2v) is 5.42. The van der Waals surface area contributed by atoms with Crippen LogP contribution >= 0.6 is 0 Å². The number of nitrogens with zero attached hydrogens (tertiary/aromatic N) is 2. The van der Waals surface area contributed by atoms with Gasteiger partial charge in [-0.2, -0.15) is 0 Å². The van der Waals surface area contributed by atoms with Crippen molar-refractivity contribution >= 4 is 6.09 Å². The summed E-state index contributed by atoms with van der Waals surface area (Å²) in [4.78, 5) is 11.9. The van der Waals surface area contributed by atoms with Crippen molar-refractivity contribution in [2.75, 3.05) is 20.6 Å². The maximum Gasteiger partial charge on any atom is 0.424 e. The molecule has 0 saturated heterocycles. The van der Waals surface area contributed by atoms with E-state index in [2.05, 4.69) is 13.8 Å². The number of carbonyl (C=O) groups excluding carboxylic acids is 1. The van der Waals surface area contributed by atoms with Gasteiger partial charge in [-0.25, -0.2) is 14.8 Å². The van der Waals surface area contributed by atoms with E-state index in [4.69, 9.17) is 4.74 Å². The van der Waals surface area contributed by atoms with E-state index in [-0.39, 0.29) is 6.09 Å². The molecule has 0 spiro atoms. The van der Waals surface area contributed by atoms with Crippen molar-refractivity contribution in [1.29, 1.82) is 0 Å². The molecule has 0 aromatic carbocycles. The fourth-order valence-corrected chi connectivity index (χ4v) is 1.14. The van der Waals surface area contributed by atoms with Gasteiger partial charge in [0.1, 0.15) is 5.60 Å². The molecule has 4 heteroatoms. The molecule has 0 aromatic heterocycles. The predicted molar refractivity (Wildman–Crippen MR) is 66.1 cm³/mol. The summed E-state index contributed by atoms with van der Waals surface area (Å²) in [5.74, 6) is 0.468. The lowest BCUT2D eigenvalue weighted by Crippen LogP contribution is -2.46. The Bertz CT molecular complexity index is 222. The van der Waals surface area contributed by atoms with Crippen molar-refractivity contribution < 1.29 is 9.53 Å². The highest BCUT2D eigenvalue weighted by Gasteiger charge is 2.24. The summed E-state index contributed by atoms with van der Waals surface area (Å²) in [7, 11) is 3.71. The highest BCUT2D eigenvalue weighted by Crippen LogP contribution is 2.13. The third-order valence-electron chi connectivity index (χ3n) is 2.27. The van der Waals surface area contributed by atoms with Crippen LogP contribution in [0, 0.1) is 5.92 Å². The SMILES string of the molecule is CCC(C)CN(C(=O)OC(C)(C)C)N(C)C. The van der Waals surface area contributed by atoms with Crippen molar-refractivity contribution in [3.8, 4) is 0 Å². The number of carbonyl (C=O) groups is 1. The predicted octanol–water partition coefficient (Wildman–Crippen LogP) is 2.75. The minimum Gasteiger partial charge on any atom is -0.443 e. The van der Waals surface area contributed by atoms with Gasteiger partial charge in [-0.3, -0.25) is 0 Å². The molecule has 16 heavy (non-hydrogen) atoms. The second-order valence-electron chi connectivity index (χ2n) is 5.42. The zero-order valence-corrected chi connectivity index (χ0v) is 11.7. The van der Waals surface area contributed by atoms with Gasteiger partial charge in [0.2, 0.25) is 0 Å². The molecule has 0 fully saturated rings. The molecule has 0 aliphatic heterocycles. The molecule has 1 amide bonds. The van der Waals surface area contributed by atoms with Gasteiger partial charge < -0.3 is 4.74 Å². The topological polar surface area (TPSA) is 32.8 Å². The molecule has 1 atom stereocenters. The van der Waals surface area contributed by atoms with Crippen LogP contribution in [0.15, 0.2) is 0 Å². The summed E-state index contributed by atoms with van der Waals surface area (Å²) >= 11 is 0. The number of rotatable bonds is 4. The molecule has 0 rings (SSSR count). The standard InChI is InChI=1S/C12H26N2O2/c1-8-10(2)9-14(13(6)7)11(15)16-12(3,4)5/h10H,8-9H2,1-7H3. The first-order chi connectivity index (χ1) is 7.17. The summed E-state index contributed by atoms with van der Waals surface area (Å²) in [5, 5.41) is 3.42. The summed E-state index contributed by atoms with van der Waals surface area (Å²) in [6.07, 6.45) is 0.769. The first-order valence-corrected chi connectivity index (χ1v) is 5.85. The van der Waals surface area contributed by atoms with E-state index in [0.717, 1.165) is 6.42 Å². The van der Waals surface area contributed by atoms with Gasteiger partial charge in [-0.15, -0.1) is 0 Å². The second kappa shape index (κ2) is 6.09. The molecule has 0 aliphatic rings. The average molecular weight is 230 g/mol. The molecule has 1 unspecified atom stereocenters. The van der Waals surface area contributed by atoms with Crippen LogP contribution in [0.4, 0.5) is 4.79 Å². The van der Waals surface area contributed by atoms with Crippen LogP contribution in [0.3, 0.4) is 0 Å². The number of hydrazine groups is 1. The maximum atomic E-state index is 11.9. The molecule has 0 heterocycles. The van der Waals surface area contributed by atoms with E-state index in [1.165, 1.54) is 0 Å². The molecular formula is C12H26N2O2. The van der Waals surface area contributed by atoms with Crippen LogP contribution in [-0.2, 0) is 4.74 Å². The fourth-order valence-electron chi connectivity index (χ4n) is 1.14. The molecule has 0 bridgehead atoms. The number of ether oxygens (including phenoxy) is 1. The van der Waals surface area contributed by atoms with Gasteiger partial charge in [0.25, 0.3) is 0 Å². The Labute approximate surface area is 99.5 Å². The van der Waals surface area contributed by atoms with Gasteiger partial charge >= 0.3 is 6.09 Å². The van der Waals surface area contributed by atoms with Crippen LogP contribution in [0.25, 0.3) is 0 Å². The third-order valence-corrected chi connectivity index (χ3v) is 2.27. The van der Waals surface area contributed by atoms with Crippen LogP contribution in [0.2, 0.25) is 0 Å². The van der Waals surface area contributed by atoms with E-state index in [1.54, 1.807) is 10.0 Å². The molecule has 0 aromatic rings. The monoisotopic (exact) mass is 230 g/mol. The minimum absolute atomic E-state index is 0.280. The molecule has 4 nitrogen and oxygen atoms in total. The van der Waals surface area contributed by atoms with E-state index >= 15 is 0 Å². The number of hydrogen-bond acceptors (Lipinski definition) is 3. The maximum absolute atomic E-state index is 11.9. The van der Waals surface area contributed by atoms with Crippen molar-refractivity contribution in [1.82, 2.24) is 10.0 Å². The zero-order chi connectivity index (χ0) is 12.9. The lowest BCUT2D eigenvalue weighted by molar-refractivity contribution is -0.0339.